The van der Waals surface area contributed by atoms with Crippen LogP contribution in [0.2, 0.25) is 0 Å². The molecule has 3 N–H and O–H groups in total. The number of methoxy groups -OCH3 is 2. The van der Waals surface area contributed by atoms with Gasteiger partial charge in [-0.25, -0.2) is 4.79 Å². The summed E-state index contributed by atoms with van der Waals surface area (Å²) >= 11 is 0. The second-order valence-corrected chi connectivity index (χ2v) is 5.57. The van der Waals surface area contributed by atoms with Gasteiger partial charge in [-0.3, -0.25) is 14.9 Å². The topological polar surface area (TPSA) is 114 Å². The molecular formula is C18H16N2O6. The maximum absolute atomic E-state index is 11.8. The molecule has 0 saturated carbocycles. The highest BCUT2D eigenvalue weighted by atomic mass is 16.5. The number of aliphatic carboxylic acids is 1. The van der Waals surface area contributed by atoms with Crippen molar-refractivity contribution >= 4 is 23.5 Å². The van der Waals surface area contributed by atoms with E-state index >= 15 is 0 Å². The van der Waals surface area contributed by atoms with E-state index in [0.29, 0.717) is 22.7 Å². The fourth-order valence-electron chi connectivity index (χ4n) is 2.74. The van der Waals surface area contributed by atoms with Crippen molar-refractivity contribution in [2.75, 3.05) is 19.5 Å². The van der Waals surface area contributed by atoms with E-state index in [0.717, 1.165) is 0 Å². The molecule has 0 spiro atoms. The van der Waals surface area contributed by atoms with E-state index in [2.05, 4.69) is 10.6 Å². The molecule has 26 heavy (non-hydrogen) atoms. The van der Waals surface area contributed by atoms with Crippen molar-refractivity contribution < 1.29 is 29.0 Å². The molecule has 0 radical (unpaired) electrons. The molecule has 2 aromatic carbocycles. The second-order valence-electron chi connectivity index (χ2n) is 5.57. The number of imide groups is 1. The lowest BCUT2D eigenvalue weighted by Gasteiger charge is -2.18. The number of carboxylic acids is 1. The first kappa shape index (κ1) is 17.3. The standard InChI is InChI=1S/C18H16N2O6/c1-25-13-6-3-9(7-14(13)26-2)15(18(23)24)19-10-4-5-11-12(8-10)17(22)20-16(11)21/h3-8,15,19H,1-2H3,(H,23,24)(H,20,21,22). The first-order chi connectivity index (χ1) is 12.4. The molecule has 2 aromatic rings. The van der Waals surface area contributed by atoms with Crippen LogP contribution in [0.15, 0.2) is 36.4 Å². The number of nitrogens with one attached hydrogen (secondary N) is 2. The molecule has 0 aromatic heterocycles. The van der Waals surface area contributed by atoms with Crippen molar-refractivity contribution in [2.24, 2.45) is 0 Å². The average molecular weight is 356 g/mol. The van der Waals surface area contributed by atoms with Crippen molar-refractivity contribution in [2.45, 2.75) is 6.04 Å². The van der Waals surface area contributed by atoms with E-state index in [-0.39, 0.29) is 11.1 Å². The van der Waals surface area contributed by atoms with E-state index in [1.54, 1.807) is 24.3 Å². The van der Waals surface area contributed by atoms with Crippen molar-refractivity contribution in [3.63, 3.8) is 0 Å². The minimum atomic E-state index is -1.11. The van der Waals surface area contributed by atoms with Crippen LogP contribution in [0.3, 0.4) is 0 Å². The number of hydrogen-bond acceptors (Lipinski definition) is 6. The fraction of sp³-hybridized carbons (Fsp3) is 0.167. The third kappa shape index (κ3) is 3.04. The smallest absolute Gasteiger partial charge is 0.330 e. The Hall–Kier alpha value is -3.55. The van der Waals surface area contributed by atoms with Gasteiger partial charge < -0.3 is 19.9 Å². The number of carbonyl (C=O) groups is 3. The van der Waals surface area contributed by atoms with Crippen molar-refractivity contribution in [1.29, 1.82) is 0 Å². The van der Waals surface area contributed by atoms with Gasteiger partial charge in [0, 0.05) is 5.69 Å². The van der Waals surface area contributed by atoms with Crippen LogP contribution >= 0.6 is 0 Å². The molecular weight excluding hydrogens is 340 g/mol. The second kappa shape index (κ2) is 6.75. The first-order valence-corrected chi connectivity index (χ1v) is 7.65. The summed E-state index contributed by atoms with van der Waals surface area (Å²) in [5, 5.41) is 14.7. The van der Waals surface area contributed by atoms with Gasteiger partial charge in [-0.2, -0.15) is 0 Å². The fourth-order valence-corrected chi connectivity index (χ4v) is 2.74. The minimum absolute atomic E-state index is 0.205. The number of anilines is 1. The Morgan fingerprint density at radius 3 is 2.35 bits per heavy atom. The van der Waals surface area contributed by atoms with Crippen molar-refractivity contribution in [3.05, 3.63) is 53.1 Å². The zero-order valence-electron chi connectivity index (χ0n) is 14.0. The van der Waals surface area contributed by atoms with Crippen LogP contribution in [0.25, 0.3) is 0 Å². The van der Waals surface area contributed by atoms with Gasteiger partial charge in [-0.05, 0) is 35.9 Å². The summed E-state index contributed by atoms with van der Waals surface area (Å²) in [4.78, 5) is 35.1. The quantitative estimate of drug-likeness (QED) is 0.677. The molecule has 1 aliphatic heterocycles. The molecule has 0 fully saturated rings. The molecule has 1 aliphatic rings. The summed E-state index contributed by atoms with van der Waals surface area (Å²) in [7, 11) is 2.95. The maximum atomic E-state index is 11.8. The Morgan fingerprint density at radius 2 is 1.69 bits per heavy atom. The van der Waals surface area contributed by atoms with Gasteiger partial charge in [0.1, 0.15) is 0 Å². The van der Waals surface area contributed by atoms with E-state index < -0.39 is 23.8 Å². The third-order valence-corrected chi connectivity index (χ3v) is 4.03. The monoisotopic (exact) mass is 356 g/mol. The Balaban J connectivity index is 1.93. The summed E-state index contributed by atoms with van der Waals surface area (Å²) in [6.45, 7) is 0. The number of ether oxygens (including phenoxy) is 2. The number of carboxylic acid groups (broad SMARTS) is 1. The molecule has 3 rings (SSSR count). The van der Waals surface area contributed by atoms with Crippen LogP contribution in [0.4, 0.5) is 5.69 Å². The predicted octanol–water partition coefficient (Wildman–Crippen LogP) is 1.83. The van der Waals surface area contributed by atoms with Gasteiger partial charge >= 0.3 is 5.97 Å². The summed E-state index contributed by atoms with van der Waals surface area (Å²) in [6, 6.07) is 8.17. The van der Waals surface area contributed by atoms with E-state index in [4.69, 9.17) is 9.47 Å². The highest BCUT2D eigenvalue weighted by molar-refractivity contribution is 6.21. The molecule has 134 valence electrons. The molecule has 8 nitrogen and oxygen atoms in total. The highest BCUT2D eigenvalue weighted by Crippen LogP contribution is 2.32. The molecule has 0 aliphatic carbocycles. The highest BCUT2D eigenvalue weighted by Gasteiger charge is 2.28. The lowest BCUT2D eigenvalue weighted by Crippen LogP contribution is -2.21. The van der Waals surface area contributed by atoms with Crippen LogP contribution in [0, 0.1) is 0 Å². The van der Waals surface area contributed by atoms with Crippen LogP contribution in [-0.4, -0.2) is 37.1 Å². The van der Waals surface area contributed by atoms with Crippen molar-refractivity contribution in [1.82, 2.24) is 5.32 Å². The molecule has 2 amide bonds. The number of hydrogen-bond donors (Lipinski definition) is 3. The number of rotatable bonds is 6. The van der Waals surface area contributed by atoms with E-state index in [9.17, 15) is 19.5 Å². The summed E-state index contributed by atoms with van der Waals surface area (Å²) in [5.41, 5.74) is 1.31. The van der Waals surface area contributed by atoms with E-state index in [1.165, 1.54) is 26.4 Å². The molecule has 8 heteroatoms. The SMILES string of the molecule is COc1ccc(C(Nc2ccc3c(c2)C(=O)NC3=O)C(=O)O)cc1OC. The predicted molar refractivity (Wildman–Crippen MR) is 91.8 cm³/mol. The van der Waals surface area contributed by atoms with Gasteiger partial charge in [0.05, 0.1) is 25.3 Å². The molecule has 1 heterocycles. The van der Waals surface area contributed by atoms with Crippen LogP contribution < -0.4 is 20.1 Å². The third-order valence-electron chi connectivity index (χ3n) is 4.03. The molecule has 0 bridgehead atoms. The van der Waals surface area contributed by atoms with Crippen LogP contribution in [0.1, 0.15) is 32.3 Å². The van der Waals surface area contributed by atoms with E-state index in [1.807, 2.05) is 0 Å². The lowest BCUT2D eigenvalue weighted by molar-refractivity contribution is -0.138. The zero-order chi connectivity index (χ0) is 18.8. The summed E-state index contributed by atoms with van der Waals surface area (Å²) in [5.74, 6) is -1.21. The van der Waals surface area contributed by atoms with Gasteiger partial charge in [0.15, 0.2) is 17.5 Å². The molecule has 0 saturated heterocycles. The van der Waals surface area contributed by atoms with Crippen LogP contribution in [-0.2, 0) is 4.79 Å². The average Bonchev–Trinajstić information content (AvgIpc) is 2.92. The van der Waals surface area contributed by atoms with Gasteiger partial charge in [0.2, 0.25) is 0 Å². The van der Waals surface area contributed by atoms with Gasteiger partial charge in [-0.1, -0.05) is 6.07 Å². The Morgan fingerprint density at radius 1 is 1.00 bits per heavy atom. The minimum Gasteiger partial charge on any atom is -0.493 e. The summed E-state index contributed by atoms with van der Waals surface area (Å²) in [6.07, 6.45) is 0. The largest absolute Gasteiger partial charge is 0.493 e. The molecule has 1 atom stereocenters. The normalized spacial score (nSPS) is 13.6. The zero-order valence-corrected chi connectivity index (χ0v) is 14.0. The Labute approximate surface area is 148 Å². The Bertz CT molecular complexity index is 909. The van der Waals surface area contributed by atoms with Gasteiger partial charge in [-0.15, -0.1) is 0 Å². The van der Waals surface area contributed by atoms with Crippen LogP contribution in [0.5, 0.6) is 11.5 Å². The maximum Gasteiger partial charge on any atom is 0.330 e. The summed E-state index contributed by atoms with van der Waals surface area (Å²) < 4.78 is 10.4. The number of fused-ring (bicyclic) bond motifs is 1. The lowest BCUT2D eigenvalue weighted by atomic mass is 10.0. The number of benzene rings is 2. The Kier molecular flexibility index (Phi) is 4.49. The number of carbonyl (C=O) groups excluding carboxylic acids is 2. The van der Waals surface area contributed by atoms with Crippen molar-refractivity contribution in [3.8, 4) is 11.5 Å². The number of amides is 2. The van der Waals surface area contributed by atoms with Gasteiger partial charge in [0.25, 0.3) is 11.8 Å². The molecule has 1 unspecified atom stereocenters. The first-order valence-electron chi connectivity index (χ1n) is 7.65.